The molecule has 3 heteroatoms. The van der Waals surface area contributed by atoms with Gasteiger partial charge >= 0.3 is 0 Å². The highest BCUT2D eigenvalue weighted by Crippen LogP contribution is 2.34. The van der Waals surface area contributed by atoms with Crippen LogP contribution in [0, 0.1) is 5.92 Å². The van der Waals surface area contributed by atoms with E-state index in [2.05, 4.69) is 72.0 Å². The molecule has 0 unspecified atom stereocenters. The van der Waals surface area contributed by atoms with Gasteiger partial charge in [0.15, 0.2) is 0 Å². The lowest BCUT2D eigenvalue weighted by molar-refractivity contribution is -0.112. The van der Waals surface area contributed by atoms with Crippen molar-refractivity contribution in [2.45, 2.75) is 18.5 Å². The van der Waals surface area contributed by atoms with Gasteiger partial charge in [0.2, 0.25) is 0 Å². The van der Waals surface area contributed by atoms with Gasteiger partial charge in [-0.15, -0.1) is 0 Å². The monoisotopic (exact) mass is 294 g/mol. The topological polar surface area (TPSA) is 24.5 Å². The number of nitrogens with one attached hydrogen (secondary N) is 1. The second-order valence-electron chi connectivity index (χ2n) is 6.36. The zero-order chi connectivity index (χ0) is 14.9. The number of hydrogen-bond donors (Lipinski definition) is 1. The van der Waals surface area contributed by atoms with Crippen LogP contribution in [-0.4, -0.2) is 31.3 Å². The number of piperidine rings is 1. The largest absolute Gasteiger partial charge is 0.309 e. The fraction of sp³-hybridized carbons (Fsp3) is 0.368. The maximum Gasteiger partial charge on any atom is 0.0741 e. The Morgan fingerprint density at radius 3 is 2.73 bits per heavy atom. The summed E-state index contributed by atoms with van der Waals surface area (Å²) in [5, 5.41) is 5.75. The molecule has 2 aliphatic heterocycles. The number of fused-ring (bicyclic) bond motifs is 1. The van der Waals surface area contributed by atoms with E-state index in [9.17, 15) is 0 Å². The molecule has 0 aliphatic carbocycles. The third-order valence-electron chi connectivity index (χ3n) is 5.00. The molecule has 4 rings (SSSR count). The van der Waals surface area contributed by atoms with E-state index >= 15 is 0 Å². The van der Waals surface area contributed by atoms with Crippen molar-refractivity contribution in [1.29, 1.82) is 0 Å². The van der Waals surface area contributed by atoms with Crippen molar-refractivity contribution in [3.05, 3.63) is 60.2 Å². The molecule has 0 amide bonds. The summed E-state index contributed by atoms with van der Waals surface area (Å²) in [5.74, 6) is 0.624. The molecule has 2 fully saturated rings. The van der Waals surface area contributed by atoms with Crippen molar-refractivity contribution in [3.8, 4) is 11.1 Å². The number of benzene rings is 2. The van der Waals surface area contributed by atoms with Crippen molar-refractivity contribution >= 4 is 0 Å². The Bertz CT molecular complexity index is 643. The minimum absolute atomic E-state index is 0.411. The van der Waals surface area contributed by atoms with Gasteiger partial charge in [-0.3, -0.25) is 4.84 Å². The summed E-state index contributed by atoms with van der Waals surface area (Å²) in [6, 6.07) is 20.4. The van der Waals surface area contributed by atoms with Gasteiger partial charge in [-0.25, -0.2) is 0 Å². The zero-order valence-electron chi connectivity index (χ0n) is 12.9. The first-order valence-corrected chi connectivity index (χ1v) is 8.06. The molecule has 2 saturated heterocycles. The van der Waals surface area contributed by atoms with Crippen molar-refractivity contribution in [2.75, 3.05) is 20.2 Å². The van der Waals surface area contributed by atoms with Gasteiger partial charge in [-0.2, -0.15) is 5.06 Å². The van der Waals surface area contributed by atoms with Gasteiger partial charge in [-0.05, 0) is 29.2 Å². The molecule has 114 valence electrons. The molecule has 0 bridgehead atoms. The Hall–Kier alpha value is -1.68. The number of rotatable bonds is 2. The van der Waals surface area contributed by atoms with Gasteiger partial charge in [0.25, 0.3) is 0 Å². The molecule has 0 spiro atoms. The average molecular weight is 294 g/mol. The second-order valence-corrected chi connectivity index (χ2v) is 6.36. The van der Waals surface area contributed by atoms with Crippen LogP contribution in [0.3, 0.4) is 0 Å². The SMILES string of the molecule is CN1OC[C@@H]2CN[C@H](c3cccc(-c4ccccc4)c3)C[C@@H]21. The van der Waals surface area contributed by atoms with E-state index in [0.717, 1.165) is 19.6 Å². The number of hydroxylamine groups is 2. The summed E-state index contributed by atoms with van der Waals surface area (Å²) in [6.07, 6.45) is 1.11. The summed E-state index contributed by atoms with van der Waals surface area (Å²) >= 11 is 0. The first-order chi connectivity index (χ1) is 10.8. The normalized spacial score (nSPS) is 28.5. The third-order valence-corrected chi connectivity index (χ3v) is 5.00. The Labute approximate surface area is 131 Å². The molecular weight excluding hydrogens is 272 g/mol. The van der Waals surface area contributed by atoms with Crippen molar-refractivity contribution in [1.82, 2.24) is 10.4 Å². The number of nitrogens with zero attached hydrogens (tertiary/aromatic N) is 1. The molecule has 1 N–H and O–H groups in total. The van der Waals surface area contributed by atoms with Crippen LogP contribution in [0.2, 0.25) is 0 Å². The molecular formula is C19H22N2O. The van der Waals surface area contributed by atoms with Crippen molar-refractivity contribution in [2.24, 2.45) is 5.92 Å². The average Bonchev–Trinajstić information content (AvgIpc) is 2.96. The summed E-state index contributed by atoms with van der Waals surface area (Å²) in [5.41, 5.74) is 3.94. The second kappa shape index (κ2) is 5.84. The van der Waals surface area contributed by atoms with E-state index in [4.69, 9.17) is 4.84 Å². The van der Waals surface area contributed by atoms with E-state index in [1.54, 1.807) is 0 Å². The van der Waals surface area contributed by atoms with Gasteiger partial charge < -0.3 is 5.32 Å². The highest BCUT2D eigenvalue weighted by atomic mass is 16.7. The van der Waals surface area contributed by atoms with Crippen LogP contribution >= 0.6 is 0 Å². The minimum atomic E-state index is 0.411. The molecule has 0 radical (unpaired) electrons. The first kappa shape index (κ1) is 13.9. The van der Waals surface area contributed by atoms with E-state index in [-0.39, 0.29) is 0 Å². The molecule has 2 aromatic rings. The Balaban J connectivity index is 1.58. The summed E-state index contributed by atoms with van der Waals surface area (Å²) in [6.45, 7) is 1.89. The van der Waals surface area contributed by atoms with Gasteiger partial charge in [0.05, 0.1) is 6.61 Å². The standard InChI is InChI=1S/C19H22N2O/c1-21-19-11-18(20-12-17(19)13-22-21)16-9-5-8-15(10-16)14-6-3-2-4-7-14/h2-10,17-20H,11-13H2,1H3/t17-,18-,19-/m0/s1. The maximum absolute atomic E-state index is 5.67. The molecule has 2 heterocycles. The lowest BCUT2D eigenvalue weighted by Crippen LogP contribution is -2.44. The maximum atomic E-state index is 5.67. The summed E-state index contributed by atoms with van der Waals surface area (Å²) < 4.78 is 0. The van der Waals surface area contributed by atoms with Crippen LogP contribution in [-0.2, 0) is 4.84 Å². The van der Waals surface area contributed by atoms with Gasteiger partial charge in [0.1, 0.15) is 0 Å². The predicted molar refractivity (Wildman–Crippen MR) is 88.2 cm³/mol. The molecule has 0 aromatic heterocycles. The van der Waals surface area contributed by atoms with E-state index in [1.807, 2.05) is 0 Å². The Morgan fingerprint density at radius 2 is 1.86 bits per heavy atom. The quantitative estimate of drug-likeness (QED) is 0.920. The van der Waals surface area contributed by atoms with E-state index < -0.39 is 0 Å². The van der Waals surface area contributed by atoms with Crippen LogP contribution < -0.4 is 5.32 Å². The fourth-order valence-corrected chi connectivity index (χ4v) is 3.69. The number of hydrogen-bond acceptors (Lipinski definition) is 3. The van der Waals surface area contributed by atoms with E-state index in [0.29, 0.717) is 18.0 Å². The van der Waals surface area contributed by atoms with Crippen LogP contribution in [0.1, 0.15) is 18.0 Å². The van der Waals surface area contributed by atoms with E-state index in [1.165, 1.54) is 16.7 Å². The fourth-order valence-electron chi connectivity index (χ4n) is 3.69. The van der Waals surface area contributed by atoms with Crippen LogP contribution in [0.25, 0.3) is 11.1 Å². The molecule has 2 aromatic carbocycles. The Kier molecular flexibility index (Phi) is 3.70. The first-order valence-electron chi connectivity index (χ1n) is 8.06. The molecule has 3 atom stereocenters. The lowest BCUT2D eigenvalue weighted by Gasteiger charge is -2.34. The Morgan fingerprint density at radius 1 is 1.05 bits per heavy atom. The molecule has 3 nitrogen and oxygen atoms in total. The third kappa shape index (κ3) is 2.56. The zero-order valence-corrected chi connectivity index (χ0v) is 12.9. The smallest absolute Gasteiger partial charge is 0.0741 e. The highest BCUT2D eigenvalue weighted by Gasteiger charge is 2.38. The molecule has 22 heavy (non-hydrogen) atoms. The van der Waals surface area contributed by atoms with Crippen molar-refractivity contribution < 1.29 is 4.84 Å². The molecule has 2 aliphatic rings. The van der Waals surface area contributed by atoms with Crippen LogP contribution in [0.15, 0.2) is 54.6 Å². The van der Waals surface area contributed by atoms with Crippen LogP contribution in [0.5, 0.6) is 0 Å². The minimum Gasteiger partial charge on any atom is -0.309 e. The van der Waals surface area contributed by atoms with Crippen LogP contribution in [0.4, 0.5) is 0 Å². The van der Waals surface area contributed by atoms with Gasteiger partial charge in [-0.1, -0.05) is 48.5 Å². The van der Waals surface area contributed by atoms with Crippen molar-refractivity contribution in [3.63, 3.8) is 0 Å². The predicted octanol–water partition coefficient (Wildman–Crippen LogP) is 3.25. The summed E-state index contributed by atoms with van der Waals surface area (Å²) in [4.78, 5) is 5.67. The highest BCUT2D eigenvalue weighted by molar-refractivity contribution is 5.64. The molecule has 0 saturated carbocycles. The lowest BCUT2D eigenvalue weighted by atomic mass is 9.86. The summed E-state index contributed by atoms with van der Waals surface area (Å²) in [7, 11) is 2.06. The van der Waals surface area contributed by atoms with Gasteiger partial charge in [0, 0.05) is 31.6 Å².